The van der Waals surface area contributed by atoms with E-state index in [4.69, 9.17) is 15.1 Å². The molecule has 12 heteroatoms. The Morgan fingerprint density at radius 3 is 2.76 bits per heavy atom. The number of hydrogen-bond donors (Lipinski definition) is 3. The first kappa shape index (κ1) is 24.0. The summed E-state index contributed by atoms with van der Waals surface area (Å²) in [6.07, 6.45) is 7.22. The minimum absolute atomic E-state index is 0.00564. The second-order valence-electron chi connectivity index (χ2n) is 9.72. The molecule has 1 aromatic carbocycles. The summed E-state index contributed by atoms with van der Waals surface area (Å²) in [5.74, 6) is 2.31. The highest BCUT2D eigenvalue weighted by Gasteiger charge is 2.42. The molecule has 38 heavy (non-hydrogen) atoms. The van der Waals surface area contributed by atoms with Crippen molar-refractivity contribution in [3.63, 3.8) is 0 Å². The van der Waals surface area contributed by atoms with Gasteiger partial charge in [-0.05, 0) is 30.9 Å². The topological polar surface area (TPSA) is 156 Å². The number of fused-ring (bicyclic) bond motifs is 1. The molecule has 196 valence electrons. The summed E-state index contributed by atoms with van der Waals surface area (Å²) in [5.41, 5.74) is 10.1. The second-order valence-corrected chi connectivity index (χ2v) is 9.72. The lowest BCUT2D eigenvalue weighted by molar-refractivity contribution is 0.0419. The van der Waals surface area contributed by atoms with Gasteiger partial charge in [-0.3, -0.25) is 4.68 Å². The van der Waals surface area contributed by atoms with Gasteiger partial charge in [-0.1, -0.05) is 19.1 Å². The van der Waals surface area contributed by atoms with Crippen LogP contribution in [0.2, 0.25) is 0 Å². The van der Waals surface area contributed by atoms with Crippen molar-refractivity contribution in [2.75, 3.05) is 17.6 Å². The summed E-state index contributed by atoms with van der Waals surface area (Å²) < 4.78 is 7.37. The molecule has 2 unspecified atom stereocenters. The number of aliphatic hydroxyl groups is 1. The van der Waals surface area contributed by atoms with Crippen molar-refractivity contribution >= 4 is 23.2 Å². The van der Waals surface area contributed by atoms with E-state index in [0.717, 1.165) is 47.5 Å². The van der Waals surface area contributed by atoms with E-state index in [1.54, 1.807) is 11.6 Å². The van der Waals surface area contributed by atoms with Gasteiger partial charge in [-0.15, -0.1) is 10.2 Å². The van der Waals surface area contributed by atoms with Crippen molar-refractivity contribution in [3.8, 4) is 22.6 Å². The van der Waals surface area contributed by atoms with E-state index in [2.05, 4.69) is 42.4 Å². The van der Waals surface area contributed by atoms with E-state index in [1.165, 1.54) is 6.33 Å². The van der Waals surface area contributed by atoms with Crippen LogP contribution >= 0.6 is 0 Å². The lowest BCUT2D eigenvalue weighted by atomic mass is 9.94. The van der Waals surface area contributed by atoms with Gasteiger partial charge in [0.25, 0.3) is 5.89 Å². The SMILES string of the molecule is CCC(CNc1ncnc(N)c1-c1nnc(C)o1)C1=Nc2cccc(-c3cnn(C)c3)c2C(O)N1C1CC1. The molecule has 2 aliphatic rings. The number of nitrogens with zero attached hydrogens (tertiary/aromatic N) is 8. The average Bonchev–Trinajstić information content (AvgIpc) is 3.50. The first-order valence-electron chi connectivity index (χ1n) is 12.8. The van der Waals surface area contributed by atoms with Crippen LogP contribution < -0.4 is 11.1 Å². The fraction of sp³-hybridized carbons (Fsp3) is 0.385. The highest BCUT2D eigenvalue weighted by Crippen LogP contribution is 2.45. The third-order valence-electron chi connectivity index (χ3n) is 7.05. The molecule has 1 aliphatic heterocycles. The third kappa shape index (κ3) is 4.26. The highest BCUT2D eigenvalue weighted by molar-refractivity contribution is 5.92. The molecule has 1 aliphatic carbocycles. The number of benzene rings is 1. The van der Waals surface area contributed by atoms with Gasteiger partial charge < -0.3 is 25.5 Å². The summed E-state index contributed by atoms with van der Waals surface area (Å²) in [7, 11) is 1.89. The Bertz CT molecular complexity index is 1510. The van der Waals surface area contributed by atoms with Crippen molar-refractivity contribution in [2.24, 2.45) is 18.0 Å². The maximum absolute atomic E-state index is 11.7. The number of rotatable bonds is 8. The Kier molecular flexibility index (Phi) is 6.03. The molecule has 4 N–H and O–H groups in total. The van der Waals surface area contributed by atoms with Crippen LogP contribution in [0.1, 0.15) is 43.9 Å². The third-order valence-corrected chi connectivity index (χ3v) is 7.05. The standard InChI is InChI=1S/C26H30N10O2/c1-4-15(10-28-23-21(22(27)29-13-30-23)25-34-33-14(2)38-25)24-32-19-7-5-6-18(16-11-31-35(3)12-16)20(19)26(37)36(24)17-8-9-17/h5-7,11-13,15,17,26,37H,4,8-10H2,1-3H3,(H3,27,28,29,30). The van der Waals surface area contributed by atoms with Gasteiger partial charge in [-0.2, -0.15) is 5.10 Å². The zero-order valence-electron chi connectivity index (χ0n) is 21.5. The number of hydrogen-bond acceptors (Lipinski definition) is 11. The molecular weight excluding hydrogens is 484 g/mol. The number of nitrogens with two attached hydrogens (primary N) is 1. The van der Waals surface area contributed by atoms with Crippen molar-refractivity contribution in [3.05, 3.63) is 48.4 Å². The van der Waals surface area contributed by atoms with Gasteiger partial charge in [0.2, 0.25) is 5.89 Å². The largest absolute Gasteiger partial charge is 0.421 e. The molecule has 12 nitrogen and oxygen atoms in total. The van der Waals surface area contributed by atoms with Crippen molar-refractivity contribution in [1.82, 2.24) is 34.8 Å². The van der Waals surface area contributed by atoms with E-state index >= 15 is 0 Å². The minimum atomic E-state index is -0.804. The molecule has 0 saturated heterocycles. The predicted octanol–water partition coefficient (Wildman–Crippen LogP) is 3.45. The smallest absolute Gasteiger partial charge is 0.255 e. The molecule has 0 amide bonds. The van der Waals surface area contributed by atoms with Gasteiger partial charge in [-0.25, -0.2) is 15.0 Å². The molecule has 0 spiro atoms. The fourth-order valence-corrected chi connectivity index (χ4v) is 5.00. The Hall–Kier alpha value is -4.32. The van der Waals surface area contributed by atoms with E-state index in [9.17, 15) is 5.11 Å². The second kappa shape index (κ2) is 9.53. The lowest BCUT2D eigenvalue weighted by Crippen LogP contribution is -2.44. The van der Waals surface area contributed by atoms with Crippen LogP contribution in [-0.2, 0) is 7.05 Å². The molecule has 6 rings (SSSR count). The Labute approximate surface area is 219 Å². The number of aryl methyl sites for hydroxylation is 2. The fourth-order valence-electron chi connectivity index (χ4n) is 5.00. The quantitative estimate of drug-likeness (QED) is 0.318. The molecular formula is C26H30N10O2. The van der Waals surface area contributed by atoms with E-state index in [1.807, 2.05) is 37.6 Å². The summed E-state index contributed by atoms with van der Waals surface area (Å²) >= 11 is 0. The van der Waals surface area contributed by atoms with E-state index in [-0.39, 0.29) is 23.7 Å². The Morgan fingerprint density at radius 1 is 1.24 bits per heavy atom. The highest BCUT2D eigenvalue weighted by atomic mass is 16.4. The Balaban J connectivity index is 1.35. The average molecular weight is 515 g/mol. The Morgan fingerprint density at radius 2 is 2.08 bits per heavy atom. The van der Waals surface area contributed by atoms with Gasteiger partial charge in [0.1, 0.15) is 29.4 Å². The number of nitrogens with one attached hydrogen (secondary N) is 1. The van der Waals surface area contributed by atoms with Gasteiger partial charge in [0, 0.05) is 49.8 Å². The van der Waals surface area contributed by atoms with Crippen molar-refractivity contribution in [1.29, 1.82) is 0 Å². The number of nitrogen functional groups attached to an aromatic ring is 1. The normalized spacial score (nSPS) is 17.7. The maximum Gasteiger partial charge on any atom is 0.255 e. The molecule has 4 heterocycles. The predicted molar refractivity (Wildman–Crippen MR) is 142 cm³/mol. The van der Waals surface area contributed by atoms with Crippen LogP contribution in [0.4, 0.5) is 17.3 Å². The number of anilines is 2. The monoisotopic (exact) mass is 514 g/mol. The molecule has 3 aromatic heterocycles. The van der Waals surface area contributed by atoms with Crippen molar-refractivity contribution in [2.45, 2.75) is 45.4 Å². The lowest BCUT2D eigenvalue weighted by Gasteiger charge is -2.39. The summed E-state index contributed by atoms with van der Waals surface area (Å²) in [5, 5.41) is 27.5. The van der Waals surface area contributed by atoms with Crippen LogP contribution in [0.5, 0.6) is 0 Å². The number of aliphatic imine (C=N–C) groups is 1. The molecule has 1 saturated carbocycles. The van der Waals surface area contributed by atoms with Crippen LogP contribution in [0.25, 0.3) is 22.6 Å². The van der Waals surface area contributed by atoms with Gasteiger partial charge >= 0.3 is 0 Å². The summed E-state index contributed by atoms with van der Waals surface area (Å²) in [4.78, 5) is 15.7. The van der Waals surface area contributed by atoms with Crippen LogP contribution in [0.15, 0.2) is 46.3 Å². The zero-order chi connectivity index (χ0) is 26.4. The van der Waals surface area contributed by atoms with E-state index < -0.39 is 6.23 Å². The molecule has 0 radical (unpaired) electrons. The first-order valence-corrected chi connectivity index (χ1v) is 12.8. The zero-order valence-corrected chi connectivity index (χ0v) is 21.5. The molecule has 4 aromatic rings. The molecule has 0 bridgehead atoms. The number of amidine groups is 1. The van der Waals surface area contributed by atoms with E-state index in [0.29, 0.717) is 23.8 Å². The van der Waals surface area contributed by atoms with Crippen LogP contribution in [0, 0.1) is 12.8 Å². The first-order chi connectivity index (χ1) is 18.4. The summed E-state index contributed by atoms with van der Waals surface area (Å²) in [6, 6.07) is 6.20. The van der Waals surface area contributed by atoms with Crippen LogP contribution in [-0.4, -0.2) is 58.4 Å². The van der Waals surface area contributed by atoms with Gasteiger partial charge in [0.05, 0.1) is 11.9 Å². The minimum Gasteiger partial charge on any atom is -0.421 e. The number of aliphatic hydroxyl groups excluding tert-OH is 1. The molecule has 2 atom stereocenters. The number of aromatic nitrogens is 6. The van der Waals surface area contributed by atoms with Crippen LogP contribution in [0.3, 0.4) is 0 Å². The summed E-state index contributed by atoms with van der Waals surface area (Å²) in [6.45, 7) is 4.34. The molecule has 1 fully saturated rings. The van der Waals surface area contributed by atoms with Crippen molar-refractivity contribution < 1.29 is 9.52 Å². The van der Waals surface area contributed by atoms with Gasteiger partial charge in [0.15, 0.2) is 6.23 Å². The maximum atomic E-state index is 11.7.